The quantitative estimate of drug-likeness (QED) is 0.273. The molecule has 156 valence electrons. The molecule has 0 bridgehead atoms. The second-order valence-corrected chi connectivity index (χ2v) is 6.93. The van der Waals surface area contributed by atoms with E-state index in [0.717, 1.165) is 11.1 Å². The van der Waals surface area contributed by atoms with Gasteiger partial charge in [0.1, 0.15) is 24.4 Å². The van der Waals surface area contributed by atoms with E-state index in [2.05, 4.69) is 15.0 Å². The second kappa shape index (κ2) is 7.97. The highest BCUT2D eigenvalue weighted by atomic mass is 16.4. The van der Waals surface area contributed by atoms with Gasteiger partial charge in [0.15, 0.2) is 11.5 Å². The summed E-state index contributed by atoms with van der Waals surface area (Å²) in [6.45, 7) is 2.49. The lowest BCUT2D eigenvalue weighted by molar-refractivity contribution is -0.282. The van der Waals surface area contributed by atoms with Crippen LogP contribution in [-0.2, 0) is 6.54 Å². The first kappa shape index (κ1) is 21.0. The fourth-order valence-electron chi connectivity index (χ4n) is 3.06. The van der Waals surface area contributed by atoms with Crippen molar-refractivity contribution in [3.05, 3.63) is 33.6 Å². The molecule has 11 heteroatoms. The molecule has 11 nitrogen and oxygen atoms in total. The van der Waals surface area contributed by atoms with E-state index in [4.69, 9.17) is 5.11 Å². The van der Waals surface area contributed by atoms with Gasteiger partial charge in [-0.2, -0.15) is 0 Å². The SMILES string of the molecule is Cc1cc2nc3c(=O)nc([O-])nc-3n(C[C@H](O)[C@@H](O)[C@@H](O)[C@H](O)CO)c2cc1C. The summed E-state index contributed by atoms with van der Waals surface area (Å²) in [6, 6.07) is 2.43. The van der Waals surface area contributed by atoms with Gasteiger partial charge >= 0.3 is 0 Å². The van der Waals surface area contributed by atoms with E-state index in [0.29, 0.717) is 11.0 Å². The standard InChI is InChI=1S/C18H22N4O7/c1-7-3-9-10(4-8(7)2)22(5-11(24)14(26)15(27)12(25)6-23)16-13(19-9)17(28)21-18(29)20-16/h3-4,11-12,14-15,23-27H,5-6H2,1-2H3,(H,21,28,29)/p-1/t11-,12+,14+,15-/m0/s1. The first-order chi connectivity index (χ1) is 13.6. The van der Waals surface area contributed by atoms with Gasteiger partial charge in [-0.1, -0.05) is 0 Å². The van der Waals surface area contributed by atoms with Crippen LogP contribution in [0.25, 0.3) is 22.6 Å². The van der Waals surface area contributed by atoms with E-state index in [-0.39, 0.29) is 18.1 Å². The van der Waals surface area contributed by atoms with Gasteiger partial charge in [-0.3, -0.25) is 4.79 Å². The Kier molecular flexibility index (Phi) is 5.78. The average molecular weight is 405 g/mol. The first-order valence-corrected chi connectivity index (χ1v) is 8.83. The third-order valence-electron chi connectivity index (χ3n) is 4.88. The van der Waals surface area contributed by atoms with Crippen molar-refractivity contribution in [3.8, 4) is 17.5 Å². The number of aliphatic hydroxyl groups excluding tert-OH is 5. The lowest BCUT2D eigenvalue weighted by Crippen LogP contribution is -2.47. The van der Waals surface area contributed by atoms with Crippen molar-refractivity contribution in [2.24, 2.45) is 0 Å². The van der Waals surface area contributed by atoms with E-state index in [1.165, 1.54) is 4.57 Å². The van der Waals surface area contributed by atoms with Crippen molar-refractivity contribution in [2.75, 3.05) is 6.61 Å². The van der Waals surface area contributed by atoms with Gasteiger partial charge in [-0.05, 0) is 37.1 Å². The lowest BCUT2D eigenvalue weighted by atomic mass is 10.0. The molecule has 0 aromatic heterocycles. The molecule has 0 amide bonds. The second-order valence-electron chi connectivity index (χ2n) is 6.93. The van der Waals surface area contributed by atoms with Crippen LogP contribution in [0.4, 0.5) is 0 Å². The van der Waals surface area contributed by atoms with Crippen molar-refractivity contribution in [1.29, 1.82) is 0 Å². The number of aryl methyl sites for hydroxylation is 2. The van der Waals surface area contributed by atoms with Crippen LogP contribution in [0.3, 0.4) is 0 Å². The van der Waals surface area contributed by atoms with Gasteiger partial charge in [0.2, 0.25) is 0 Å². The molecule has 2 heterocycles. The first-order valence-electron chi connectivity index (χ1n) is 8.83. The van der Waals surface area contributed by atoms with Crippen LogP contribution in [0.5, 0.6) is 6.01 Å². The molecule has 1 aromatic rings. The van der Waals surface area contributed by atoms with E-state index in [1.54, 1.807) is 12.1 Å². The normalized spacial score (nSPS) is 16.1. The zero-order valence-electron chi connectivity index (χ0n) is 15.7. The molecule has 0 radical (unpaired) electrons. The molecule has 0 saturated heterocycles. The molecule has 0 unspecified atom stereocenters. The predicted molar refractivity (Wildman–Crippen MR) is 98.2 cm³/mol. The Morgan fingerprint density at radius 2 is 1.62 bits per heavy atom. The number of nitrogens with zero attached hydrogens (tertiary/aromatic N) is 4. The Morgan fingerprint density at radius 3 is 2.28 bits per heavy atom. The Hall–Kier alpha value is -2.70. The summed E-state index contributed by atoms with van der Waals surface area (Å²) in [6.07, 6.45) is -6.94. The Morgan fingerprint density at radius 1 is 1.00 bits per heavy atom. The van der Waals surface area contributed by atoms with Gasteiger partial charge in [0.05, 0.1) is 30.2 Å². The summed E-state index contributed by atoms with van der Waals surface area (Å²) in [7, 11) is 0. The molecule has 3 rings (SSSR count). The van der Waals surface area contributed by atoms with Crippen LogP contribution in [0.15, 0.2) is 16.9 Å². The highest BCUT2D eigenvalue weighted by molar-refractivity contribution is 5.81. The molecular formula is C18H21N4O7-. The topological polar surface area (TPSA) is 185 Å². The van der Waals surface area contributed by atoms with Crippen LogP contribution in [0.2, 0.25) is 0 Å². The van der Waals surface area contributed by atoms with Gasteiger partial charge in [0, 0.05) is 0 Å². The molecule has 5 N–H and O–H groups in total. The van der Waals surface area contributed by atoms with Crippen LogP contribution >= 0.6 is 0 Å². The summed E-state index contributed by atoms with van der Waals surface area (Å²) >= 11 is 0. The minimum absolute atomic E-state index is 0.130. The average Bonchev–Trinajstić information content (AvgIpc) is 2.68. The van der Waals surface area contributed by atoms with Gasteiger partial charge in [-0.15, -0.1) is 0 Å². The van der Waals surface area contributed by atoms with Crippen LogP contribution in [-0.4, -0.2) is 76.1 Å². The minimum Gasteiger partial charge on any atom is -0.844 e. The molecule has 0 fully saturated rings. The van der Waals surface area contributed by atoms with Gasteiger partial charge < -0.3 is 35.2 Å². The van der Waals surface area contributed by atoms with Crippen LogP contribution in [0.1, 0.15) is 11.1 Å². The van der Waals surface area contributed by atoms with E-state index < -0.39 is 42.6 Å². The molecule has 2 aliphatic rings. The number of rotatable bonds is 6. The van der Waals surface area contributed by atoms with Gasteiger partial charge in [-0.25, -0.2) is 15.0 Å². The number of benzene rings is 1. The fourth-order valence-corrected chi connectivity index (χ4v) is 3.06. The highest BCUT2D eigenvalue weighted by Crippen LogP contribution is 2.25. The zero-order chi connectivity index (χ0) is 21.5. The molecule has 0 spiro atoms. The smallest absolute Gasteiger partial charge is 0.300 e. The fraction of sp³-hybridized carbons (Fsp3) is 0.444. The largest absolute Gasteiger partial charge is 0.844 e. The number of hydrogen-bond donors (Lipinski definition) is 5. The van der Waals surface area contributed by atoms with E-state index in [1.807, 2.05) is 13.8 Å². The Balaban J connectivity index is 2.18. The Labute approximate surface area is 164 Å². The number of hydrogen-bond acceptors (Lipinski definition) is 10. The maximum atomic E-state index is 12.2. The molecule has 4 atom stereocenters. The van der Waals surface area contributed by atoms with E-state index in [9.17, 15) is 30.3 Å². The van der Waals surface area contributed by atoms with Crippen molar-refractivity contribution in [3.63, 3.8) is 0 Å². The van der Waals surface area contributed by atoms with E-state index >= 15 is 0 Å². The summed E-state index contributed by atoms with van der Waals surface area (Å²) < 4.78 is 1.33. The van der Waals surface area contributed by atoms with Crippen LogP contribution < -0.4 is 10.7 Å². The zero-order valence-corrected chi connectivity index (χ0v) is 15.7. The van der Waals surface area contributed by atoms with Gasteiger partial charge in [0.25, 0.3) is 5.56 Å². The lowest BCUT2D eigenvalue weighted by Gasteiger charge is -2.27. The number of aromatic nitrogens is 4. The van der Waals surface area contributed by atoms with Crippen molar-refractivity contribution < 1.29 is 30.6 Å². The van der Waals surface area contributed by atoms with Crippen molar-refractivity contribution in [2.45, 2.75) is 44.8 Å². The number of aliphatic hydroxyl groups is 5. The molecule has 1 aromatic carbocycles. The van der Waals surface area contributed by atoms with Crippen molar-refractivity contribution in [1.82, 2.24) is 19.5 Å². The van der Waals surface area contributed by atoms with Crippen LogP contribution in [0, 0.1) is 13.8 Å². The summed E-state index contributed by atoms with van der Waals surface area (Å²) in [4.78, 5) is 23.4. The summed E-state index contributed by atoms with van der Waals surface area (Å²) in [5.41, 5.74) is 1.53. The highest BCUT2D eigenvalue weighted by Gasteiger charge is 2.31. The molecule has 2 aliphatic heterocycles. The minimum atomic E-state index is -1.82. The molecule has 0 saturated carbocycles. The number of fused-ring (bicyclic) bond motifs is 2. The molecule has 29 heavy (non-hydrogen) atoms. The third-order valence-corrected chi connectivity index (χ3v) is 4.88. The molecule has 0 aliphatic carbocycles. The predicted octanol–water partition coefficient (Wildman–Crippen LogP) is -2.58. The Bertz CT molecular complexity index is 1070. The monoisotopic (exact) mass is 405 g/mol. The third kappa shape index (κ3) is 3.91. The van der Waals surface area contributed by atoms with Crippen molar-refractivity contribution >= 4 is 11.0 Å². The maximum Gasteiger partial charge on any atom is 0.300 e. The molecular weight excluding hydrogens is 384 g/mol. The maximum absolute atomic E-state index is 12.2. The summed E-state index contributed by atoms with van der Waals surface area (Å²) in [5.74, 6) is -0.130. The summed E-state index contributed by atoms with van der Waals surface area (Å²) in [5, 5.41) is 60.6.